The van der Waals surface area contributed by atoms with Crippen LogP contribution in [0.3, 0.4) is 0 Å². The van der Waals surface area contributed by atoms with Gasteiger partial charge in [-0.25, -0.2) is 14.4 Å². The molecule has 0 radical (unpaired) electrons. The van der Waals surface area contributed by atoms with Gasteiger partial charge in [-0.15, -0.1) is 0 Å². The molecule has 1 aliphatic heterocycles. The van der Waals surface area contributed by atoms with Crippen LogP contribution in [0.4, 0.5) is 4.39 Å². The van der Waals surface area contributed by atoms with Gasteiger partial charge in [-0.1, -0.05) is 37.3 Å². The third-order valence-electron chi connectivity index (χ3n) is 6.31. The summed E-state index contributed by atoms with van der Waals surface area (Å²) in [6.45, 7) is 6.77. The number of halogens is 1. The Morgan fingerprint density at radius 3 is 2.58 bits per heavy atom. The van der Waals surface area contributed by atoms with Gasteiger partial charge in [0.2, 0.25) is 0 Å². The summed E-state index contributed by atoms with van der Waals surface area (Å²) in [7, 11) is 3.48. The summed E-state index contributed by atoms with van der Waals surface area (Å²) in [5.41, 5.74) is 4.35. The predicted octanol–water partition coefficient (Wildman–Crippen LogP) is 4.85. The largest absolute Gasteiger partial charge is 0.343 e. The molecule has 2 aromatic carbocycles. The summed E-state index contributed by atoms with van der Waals surface area (Å²) in [6, 6.07) is 16.8. The number of aromatic nitrogens is 2. The van der Waals surface area contributed by atoms with Crippen molar-refractivity contribution in [2.24, 2.45) is 0 Å². The van der Waals surface area contributed by atoms with Gasteiger partial charge < -0.3 is 4.90 Å². The number of hydrogen-bond acceptors (Lipinski definition) is 4. The zero-order valence-electron chi connectivity index (χ0n) is 19.8. The van der Waals surface area contributed by atoms with Crippen molar-refractivity contribution in [1.29, 1.82) is 0 Å². The molecule has 0 spiro atoms. The minimum Gasteiger partial charge on any atom is -0.343 e. The van der Waals surface area contributed by atoms with E-state index >= 15 is 0 Å². The maximum atomic E-state index is 13.3. The molecule has 33 heavy (non-hydrogen) atoms. The van der Waals surface area contributed by atoms with E-state index in [1.54, 1.807) is 25.1 Å². The zero-order chi connectivity index (χ0) is 23.6. The van der Waals surface area contributed by atoms with Crippen molar-refractivity contribution in [3.05, 3.63) is 83.2 Å². The fourth-order valence-corrected chi connectivity index (χ4v) is 4.59. The predicted molar refractivity (Wildman–Crippen MR) is 128 cm³/mol. The third kappa shape index (κ3) is 5.28. The lowest BCUT2D eigenvalue weighted by Gasteiger charge is -2.39. The van der Waals surface area contributed by atoms with E-state index in [-0.39, 0.29) is 17.1 Å². The number of nitrogens with zero attached hydrogens (tertiary/aromatic N) is 4. The molecule has 2 heterocycles. The van der Waals surface area contributed by atoms with Crippen LogP contribution in [0.15, 0.2) is 54.6 Å². The van der Waals surface area contributed by atoms with E-state index in [1.165, 1.54) is 17.7 Å². The highest BCUT2D eigenvalue weighted by atomic mass is 19.1. The molecule has 6 heteroatoms. The van der Waals surface area contributed by atoms with Crippen molar-refractivity contribution in [1.82, 2.24) is 19.8 Å². The van der Waals surface area contributed by atoms with E-state index < -0.39 is 0 Å². The van der Waals surface area contributed by atoms with Crippen LogP contribution >= 0.6 is 0 Å². The molecule has 5 nitrogen and oxygen atoms in total. The lowest BCUT2D eigenvalue weighted by Crippen LogP contribution is -2.45. The summed E-state index contributed by atoms with van der Waals surface area (Å²) in [5.74, 6) is 0.421. The number of amides is 1. The fraction of sp³-hybridized carbons (Fsp3) is 0.370. The van der Waals surface area contributed by atoms with Gasteiger partial charge in [0.1, 0.15) is 17.3 Å². The first kappa shape index (κ1) is 23.1. The smallest absolute Gasteiger partial charge is 0.272 e. The molecule has 1 saturated heterocycles. The van der Waals surface area contributed by atoms with Crippen LogP contribution in [0.5, 0.6) is 0 Å². The molecule has 0 aliphatic carbocycles. The fourth-order valence-electron chi connectivity index (χ4n) is 4.59. The van der Waals surface area contributed by atoms with Gasteiger partial charge in [-0.05, 0) is 67.3 Å². The van der Waals surface area contributed by atoms with Crippen LogP contribution in [0.1, 0.15) is 47.3 Å². The van der Waals surface area contributed by atoms with E-state index in [1.807, 2.05) is 19.1 Å². The van der Waals surface area contributed by atoms with Crippen molar-refractivity contribution >= 4 is 5.91 Å². The Kier molecular flexibility index (Phi) is 6.56. The Morgan fingerprint density at radius 1 is 1.09 bits per heavy atom. The summed E-state index contributed by atoms with van der Waals surface area (Å²) in [4.78, 5) is 25.9. The Labute approximate surface area is 195 Å². The molecule has 0 saturated carbocycles. The van der Waals surface area contributed by atoms with Crippen molar-refractivity contribution in [3.8, 4) is 11.1 Å². The molecule has 0 N–H and O–H groups in total. The quantitative estimate of drug-likeness (QED) is 0.562. The number of benzene rings is 2. The van der Waals surface area contributed by atoms with Crippen LogP contribution in [0.25, 0.3) is 11.1 Å². The first-order valence-corrected chi connectivity index (χ1v) is 11.4. The average Bonchev–Trinajstić information content (AvgIpc) is 2.79. The summed E-state index contributed by atoms with van der Waals surface area (Å²) < 4.78 is 13.3. The molecule has 1 aliphatic rings. The molecule has 1 aromatic heterocycles. The van der Waals surface area contributed by atoms with Gasteiger partial charge in [0, 0.05) is 38.3 Å². The third-order valence-corrected chi connectivity index (χ3v) is 6.31. The molecular weight excluding hydrogens is 415 g/mol. The molecule has 0 bridgehead atoms. The van der Waals surface area contributed by atoms with E-state index in [0.29, 0.717) is 5.69 Å². The minimum absolute atomic E-state index is 0.101. The van der Waals surface area contributed by atoms with E-state index in [9.17, 15) is 9.18 Å². The SMILES string of the molecule is Cc1cc(C(=O)N(C)C)nc([C@@]2(C)CCCN(Cc3cccc(-c4ccc(F)cc4)c3)C2)n1. The average molecular weight is 447 g/mol. The molecule has 1 amide bonds. The Hall–Kier alpha value is -3.12. The van der Waals surface area contributed by atoms with Gasteiger partial charge in [-0.2, -0.15) is 0 Å². The van der Waals surface area contributed by atoms with E-state index in [4.69, 9.17) is 9.97 Å². The highest BCUT2D eigenvalue weighted by molar-refractivity contribution is 5.92. The van der Waals surface area contributed by atoms with Crippen LogP contribution in [0, 0.1) is 12.7 Å². The van der Waals surface area contributed by atoms with Crippen molar-refractivity contribution in [3.63, 3.8) is 0 Å². The molecule has 1 atom stereocenters. The second-order valence-electron chi connectivity index (χ2n) is 9.50. The Morgan fingerprint density at radius 2 is 1.85 bits per heavy atom. The van der Waals surface area contributed by atoms with Gasteiger partial charge in [-0.3, -0.25) is 9.69 Å². The number of likely N-dealkylation sites (tertiary alicyclic amines) is 1. The van der Waals surface area contributed by atoms with Crippen LogP contribution in [-0.2, 0) is 12.0 Å². The monoisotopic (exact) mass is 446 g/mol. The van der Waals surface area contributed by atoms with E-state index in [0.717, 1.165) is 55.1 Å². The number of piperidine rings is 1. The standard InChI is InChI=1S/C27H31FN4O/c1-19-15-24(25(33)31(3)4)30-26(29-19)27(2)13-6-14-32(18-27)17-20-7-5-8-22(16-20)21-9-11-23(28)12-10-21/h5,7-12,15-16H,6,13-14,17-18H2,1-4H3/t27-/m0/s1. The molecule has 172 valence electrons. The topological polar surface area (TPSA) is 49.3 Å². The van der Waals surface area contributed by atoms with Gasteiger partial charge in [0.25, 0.3) is 5.91 Å². The second-order valence-corrected chi connectivity index (χ2v) is 9.50. The van der Waals surface area contributed by atoms with Crippen LogP contribution in [0.2, 0.25) is 0 Å². The lowest BCUT2D eigenvalue weighted by molar-refractivity contribution is 0.0820. The number of aryl methyl sites for hydroxylation is 1. The lowest BCUT2D eigenvalue weighted by atomic mass is 9.80. The number of rotatable bonds is 5. The first-order chi connectivity index (χ1) is 15.7. The molecule has 3 aromatic rings. The molecule has 4 rings (SSSR count). The first-order valence-electron chi connectivity index (χ1n) is 11.4. The summed E-state index contributed by atoms with van der Waals surface area (Å²) in [6.07, 6.45) is 2.03. The number of carbonyl (C=O) groups excluding carboxylic acids is 1. The molecular formula is C27H31FN4O. The summed E-state index contributed by atoms with van der Waals surface area (Å²) in [5, 5.41) is 0. The summed E-state index contributed by atoms with van der Waals surface area (Å²) >= 11 is 0. The van der Waals surface area contributed by atoms with Crippen LogP contribution in [-0.4, -0.2) is 52.9 Å². The number of hydrogen-bond donors (Lipinski definition) is 0. The highest BCUT2D eigenvalue weighted by Gasteiger charge is 2.36. The van der Waals surface area contributed by atoms with E-state index in [2.05, 4.69) is 36.1 Å². The van der Waals surface area contributed by atoms with Crippen molar-refractivity contribution in [2.75, 3.05) is 27.2 Å². The molecule has 0 unspecified atom stereocenters. The van der Waals surface area contributed by atoms with Crippen molar-refractivity contribution in [2.45, 2.75) is 38.6 Å². The van der Waals surface area contributed by atoms with Crippen LogP contribution < -0.4 is 0 Å². The number of carbonyl (C=O) groups is 1. The van der Waals surface area contributed by atoms with Gasteiger partial charge in [0.15, 0.2) is 0 Å². The van der Waals surface area contributed by atoms with Gasteiger partial charge >= 0.3 is 0 Å². The minimum atomic E-state index is -0.226. The highest BCUT2D eigenvalue weighted by Crippen LogP contribution is 2.33. The Bertz CT molecular complexity index is 1150. The Balaban J connectivity index is 1.54. The second kappa shape index (κ2) is 9.40. The van der Waals surface area contributed by atoms with Gasteiger partial charge in [0.05, 0.1) is 0 Å². The van der Waals surface area contributed by atoms with Crippen molar-refractivity contribution < 1.29 is 9.18 Å². The molecule has 1 fully saturated rings. The normalized spacial score (nSPS) is 18.8. The maximum absolute atomic E-state index is 13.3. The zero-order valence-corrected chi connectivity index (χ0v) is 19.8. The maximum Gasteiger partial charge on any atom is 0.272 e.